The van der Waals surface area contributed by atoms with Crippen molar-refractivity contribution in [2.24, 2.45) is 5.92 Å². The number of ether oxygens (including phenoxy) is 1. The summed E-state index contributed by atoms with van der Waals surface area (Å²) in [5.41, 5.74) is 1.13. The average Bonchev–Trinajstić information content (AvgIpc) is 3.36. The van der Waals surface area contributed by atoms with E-state index in [0.29, 0.717) is 35.6 Å². The fraction of sp³-hybridized carbons (Fsp3) is 0.304. The zero-order chi connectivity index (χ0) is 23.1. The summed E-state index contributed by atoms with van der Waals surface area (Å²) < 4.78 is 20.4. The third-order valence-corrected chi connectivity index (χ3v) is 6.46. The van der Waals surface area contributed by atoms with Crippen LogP contribution in [-0.2, 0) is 9.53 Å². The molecule has 5 rings (SSSR count). The third-order valence-electron chi connectivity index (χ3n) is 6.16. The number of anilines is 1. The molecule has 2 fully saturated rings. The first-order valence-corrected chi connectivity index (χ1v) is 10.9. The number of aromatic nitrogens is 3. The summed E-state index contributed by atoms with van der Waals surface area (Å²) in [6.07, 6.45) is 4.48. The Morgan fingerprint density at radius 2 is 2.09 bits per heavy atom. The summed E-state index contributed by atoms with van der Waals surface area (Å²) in [7, 11) is 0. The molecule has 0 amide bonds. The summed E-state index contributed by atoms with van der Waals surface area (Å²) in [6.45, 7) is -0.395. The molecule has 3 heterocycles. The molecule has 4 atom stereocenters. The van der Waals surface area contributed by atoms with Crippen molar-refractivity contribution in [1.82, 2.24) is 14.5 Å². The van der Waals surface area contributed by atoms with Crippen molar-refractivity contribution in [2.45, 2.75) is 31.0 Å². The van der Waals surface area contributed by atoms with E-state index in [9.17, 15) is 19.1 Å². The highest BCUT2D eigenvalue weighted by molar-refractivity contribution is 6.30. The first-order valence-electron chi connectivity index (χ1n) is 10.5. The number of benzene rings is 1. The van der Waals surface area contributed by atoms with Gasteiger partial charge in [-0.15, -0.1) is 0 Å². The number of aliphatic hydroxyl groups excluding tert-OH is 1. The number of aliphatic hydroxyl groups is 1. The van der Waals surface area contributed by atoms with Crippen LogP contribution in [0.25, 0.3) is 11.3 Å². The van der Waals surface area contributed by atoms with Gasteiger partial charge in [0.2, 0.25) is 5.95 Å². The molecule has 33 heavy (non-hydrogen) atoms. The smallest absolute Gasteiger partial charge is 0.311 e. The Morgan fingerprint density at radius 1 is 1.24 bits per heavy atom. The number of nitrogens with zero attached hydrogens (tertiary/aromatic N) is 3. The molecular weight excluding hydrogens is 451 g/mol. The second kappa shape index (κ2) is 8.57. The highest BCUT2D eigenvalue weighted by atomic mass is 35.5. The van der Waals surface area contributed by atoms with Gasteiger partial charge in [0.1, 0.15) is 11.9 Å². The predicted octanol–water partition coefficient (Wildman–Crippen LogP) is 2.80. The summed E-state index contributed by atoms with van der Waals surface area (Å²) in [5.74, 6) is -0.643. The van der Waals surface area contributed by atoms with Gasteiger partial charge in [-0.25, -0.2) is 14.4 Å². The van der Waals surface area contributed by atoms with E-state index >= 15 is 0 Å². The molecule has 8 nitrogen and oxygen atoms in total. The van der Waals surface area contributed by atoms with Gasteiger partial charge < -0.3 is 19.7 Å². The Balaban J connectivity index is 1.39. The van der Waals surface area contributed by atoms with Gasteiger partial charge in [0.15, 0.2) is 0 Å². The maximum Gasteiger partial charge on any atom is 0.311 e. The average molecular weight is 471 g/mol. The van der Waals surface area contributed by atoms with E-state index in [4.69, 9.17) is 16.3 Å². The highest BCUT2D eigenvalue weighted by Crippen LogP contribution is 2.37. The van der Waals surface area contributed by atoms with Crippen LogP contribution in [0, 0.1) is 11.7 Å². The summed E-state index contributed by atoms with van der Waals surface area (Å²) in [4.78, 5) is 33.4. The van der Waals surface area contributed by atoms with E-state index in [1.54, 1.807) is 24.4 Å². The lowest BCUT2D eigenvalue weighted by molar-refractivity contribution is -0.148. The van der Waals surface area contributed by atoms with Gasteiger partial charge in [-0.1, -0.05) is 17.7 Å². The van der Waals surface area contributed by atoms with Crippen molar-refractivity contribution in [3.63, 3.8) is 0 Å². The Hall–Kier alpha value is -3.30. The minimum atomic E-state index is -0.765. The van der Waals surface area contributed by atoms with Crippen LogP contribution in [-0.4, -0.2) is 44.4 Å². The number of hydrogen-bond acceptors (Lipinski definition) is 7. The van der Waals surface area contributed by atoms with Crippen molar-refractivity contribution in [1.29, 1.82) is 0 Å². The van der Waals surface area contributed by atoms with Gasteiger partial charge in [-0.2, -0.15) is 0 Å². The van der Waals surface area contributed by atoms with Gasteiger partial charge >= 0.3 is 5.97 Å². The maximum atomic E-state index is 13.9. The lowest BCUT2D eigenvalue weighted by Gasteiger charge is -2.22. The second-order valence-electron chi connectivity index (χ2n) is 8.19. The molecule has 1 aliphatic heterocycles. The van der Waals surface area contributed by atoms with Crippen LogP contribution in [0.15, 0.2) is 53.6 Å². The van der Waals surface area contributed by atoms with Crippen molar-refractivity contribution in [3.8, 4) is 11.3 Å². The van der Waals surface area contributed by atoms with E-state index in [-0.39, 0.29) is 34.6 Å². The molecule has 170 valence electrons. The maximum absolute atomic E-state index is 13.9. The van der Waals surface area contributed by atoms with E-state index in [0.717, 1.165) is 0 Å². The van der Waals surface area contributed by atoms with E-state index in [1.807, 2.05) is 0 Å². The lowest BCUT2D eigenvalue weighted by atomic mass is 10.0. The minimum absolute atomic E-state index is 0.0337. The number of esters is 1. The molecule has 2 aliphatic rings. The molecule has 2 bridgehead atoms. The van der Waals surface area contributed by atoms with Crippen molar-refractivity contribution in [3.05, 3.63) is 75.5 Å². The van der Waals surface area contributed by atoms with Crippen molar-refractivity contribution >= 4 is 23.5 Å². The van der Waals surface area contributed by atoms with Gasteiger partial charge in [-0.05, 0) is 36.2 Å². The lowest BCUT2D eigenvalue weighted by Crippen LogP contribution is -2.34. The van der Waals surface area contributed by atoms with Crippen LogP contribution >= 0.6 is 11.6 Å². The number of fused-ring (bicyclic) bond motifs is 2. The molecule has 1 saturated heterocycles. The molecule has 1 aromatic carbocycles. The summed E-state index contributed by atoms with van der Waals surface area (Å²) in [5, 5.41) is 13.0. The number of carbonyl (C=O) groups excluding carboxylic acids is 1. The van der Waals surface area contributed by atoms with Gasteiger partial charge in [0, 0.05) is 36.5 Å². The molecule has 1 saturated carbocycles. The van der Waals surface area contributed by atoms with Crippen LogP contribution in [0.4, 0.5) is 10.3 Å². The Bertz CT molecular complexity index is 1280. The van der Waals surface area contributed by atoms with Gasteiger partial charge in [0.25, 0.3) is 5.56 Å². The standard InChI is InChI=1S/C23H20ClFN4O4/c24-16-2-1-13(7-17(16)25)20(11-30)29-6-4-12(8-21(29)31)18-3-5-26-23(27-18)28-19-10-14-9-15(19)22(32)33-14/h1-8,14-15,19-20,30H,9-11H2,(H,26,27,28)/t14-,15+,19?,20+/m0/s1. The molecular formula is C23H20ClFN4O4. The minimum Gasteiger partial charge on any atom is -0.462 e. The Morgan fingerprint density at radius 3 is 2.79 bits per heavy atom. The highest BCUT2D eigenvalue weighted by Gasteiger charge is 2.48. The first kappa shape index (κ1) is 21.5. The van der Waals surface area contributed by atoms with Gasteiger partial charge in [-0.3, -0.25) is 9.59 Å². The largest absolute Gasteiger partial charge is 0.462 e. The third kappa shape index (κ3) is 4.09. The molecule has 10 heteroatoms. The summed E-state index contributed by atoms with van der Waals surface area (Å²) in [6, 6.07) is 8.09. The van der Waals surface area contributed by atoms with E-state index in [2.05, 4.69) is 15.3 Å². The zero-order valence-electron chi connectivity index (χ0n) is 17.3. The second-order valence-corrected chi connectivity index (χ2v) is 8.59. The number of carbonyl (C=O) groups is 1. The number of halogens is 2. The predicted molar refractivity (Wildman–Crippen MR) is 118 cm³/mol. The first-order chi connectivity index (χ1) is 15.9. The fourth-order valence-electron chi connectivity index (χ4n) is 4.49. The normalized spacial score (nSPS) is 22.3. The van der Waals surface area contributed by atoms with Crippen molar-refractivity contribution in [2.75, 3.05) is 11.9 Å². The van der Waals surface area contributed by atoms with E-state index in [1.165, 1.54) is 29.0 Å². The molecule has 1 aliphatic carbocycles. The number of pyridine rings is 1. The van der Waals surface area contributed by atoms with Crippen LogP contribution in [0.3, 0.4) is 0 Å². The number of rotatable bonds is 6. The topological polar surface area (TPSA) is 106 Å². The molecule has 2 N–H and O–H groups in total. The van der Waals surface area contributed by atoms with E-state index < -0.39 is 18.5 Å². The Kier molecular flexibility index (Phi) is 5.59. The van der Waals surface area contributed by atoms with Crippen LogP contribution in [0.1, 0.15) is 24.4 Å². The molecule has 0 radical (unpaired) electrons. The van der Waals surface area contributed by atoms with Gasteiger partial charge in [0.05, 0.1) is 29.3 Å². The fourth-order valence-corrected chi connectivity index (χ4v) is 4.61. The van der Waals surface area contributed by atoms with Crippen LogP contribution in [0.5, 0.6) is 0 Å². The Labute approximate surface area is 193 Å². The molecule has 0 spiro atoms. The van der Waals surface area contributed by atoms with Crippen LogP contribution < -0.4 is 10.9 Å². The number of nitrogens with one attached hydrogen (secondary N) is 1. The SMILES string of the molecule is O=C1O[C@@H]2CC(Nc3nccc(-c4ccn([C@H](CO)c5ccc(Cl)c(F)c5)c(=O)c4)n3)[C@H]1C2. The monoisotopic (exact) mass is 470 g/mol. The summed E-state index contributed by atoms with van der Waals surface area (Å²) >= 11 is 5.74. The quantitative estimate of drug-likeness (QED) is 0.533. The zero-order valence-corrected chi connectivity index (χ0v) is 18.1. The molecule has 2 aromatic heterocycles. The molecule has 1 unspecified atom stereocenters. The number of hydrogen-bond donors (Lipinski definition) is 2. The van der Waals surface area contributed by atoms with Crippen molar-refractivity contribution < 1.29 is 19.0 Å². The van der Waals surface area contributed by atoms with Crippen LogP contribution in [0.2, 0.25) is 5.02 Å². The molecule has 3 aromatic rings.